The first-order valence-corrected chi connectivity index (χ1v) is 6.09. The van der Waals surface area contributed by atoms with Crippen molar-refractivity contribution in [3.8, 4) is 0 Å². The predicted octanol–water partition coefficient (Wildman–Crippen LogP) is 2.04. The fourth-order valence-corrected chi connectivity index (χ4v) is 2.91. The van der Waals surface area contributed by atoms with Crippen LogP contribution >= 0.6 is 11.3 Å². The molecule has 92 valence electrons. The van der Waals surface area contributed by atoms with Crippen LogP contribution in [0.1, 0.15) is 43.7 Å². The first-order chi connectivity index (χ1) is 8.09. The normalized spacial score (nSPS) is 16.9. The summed E-state index contributed by atoms with van der Waals surface area (Å²) >= 11 is 0.829. The fourth-order valence-electron chi connectivity index (χ4n) is 1.99. The molecule has 0 unspecified atom stereocenters. The first kappa shape index (κ1) is 12.1. The van der Waals surface area contributed by atoms with E-state index in [1.54, 1.807) is 0 Å². The van der Waals surface area contributed by atoms with Crippen molar-refractivity contribution < 1.29 is 24.5 Å². The second-order valence-electron chi connectivity index (χ2n) is 3.89. The molecule has 0 amide bonds. The number of carbonyl (C=O) groups is 2. The molecule has 0 spiro atoms. The van der Waals surface area contributed by atoms with E-state index in [1.165, 1.54) is 6.07 Å². The minimum atomic E-state index is -1.07. The third kappa shape index (κ3) is 2.48. The molecule has 1 aliphatic heterocycles. The van der Waals surface area contributed by atoms with Crippen LogP contribution in [0.3, 0.4) is 0 Å². The minimum Gasteiger partial charge on any atom is -0.477 e. The van der Waals surface area contributed by atoms with Crippen LogP contribution in [0.2, 0.25) is 0 Å². The molecule has 0 aromatic carbocycles. The lowest BCUT2D eigenvalue weighted by Gasteiger charge is -2.21. The highest BCUT2D eigenvalue weighted by Gasteiger charge is 2.26. The topological polar surface area (TPSA) is 83.8 Å². The van der Waals surface area contributed by atoms with Crippen LogP contribution in [0.15, 0.2) is 6.07 Å². The lowest BCUT2D eigenvalue weighted by molar-refractivity contribution is 0.0685. The third-order valence-electron chi connectivity index (χ3n) is 2.83. The van der Waals surface area contributed by atoms with E-state index in [9.17, 15) is 9.59 Å². The number of hydrogen-bond acceptors (Lipinski definition) is 4. The van der Waals surface area contributed by atoms with Gasteiger partial charge < -0.3 is 14.9 Å². The van der Waals surface area contributed by atoms with Gasteiger partial charge in [-0.1, -0.05) is 0 Å². The van der Waals surface area contributed by atoms with Gasteiger partial charge in [-0.25, -0.2) is 9.59 Å². The van der Waals surface area contributed by atoms with E-state index >= 15 is 0 Å². The van der Waals surface area contributed by atoms with Gasteiger partial charge in [0.25, 0.3) is 0 Å². The molecule has 1 aromatic heterocycles. The Balaban J connectivity index is 2.36. The SMILES string of the molecule is O=C(O)c1cc(C2CCOCC2)c(C(=O)O)s1. The molecule has 2 heterocycles. The van der Waals surface area contributed by atoms with Gasteiger partial charge in [0, 0.05) is 13.2 Å². The summed E-state index contributed by atoms with van der Waals surface area (Å²) in [5.41, 5.74) is 0.642. The highest BCUT2D eigenvalue weighted by atomic mass is 32.1. The number of ether oxygens (including phenoxy) is 1. The van der Waals surface area contributed by atoms with E-state index in [0.29, 0.717) is 18.8 Å². The summed E-state index contributed by atoms with van der Waals surface area (Å²) in [6.45, 7) is 1.20. The Bertz CT molecular complexity index is 445. The number of carboxylic acid groups (broad SMARTS) is 2. The summed E-state index contributed by atoms with van der Waals surface area (Å²) < 4.78 is 5.22. The van der Waals surface area contributed by atoms with Gasteiger partial charge >= 0.3 is 11.9 Å². The number of hydrogen-bond donors (Lipinski definition) is 2. The quantitative estimate of drug-likeness (QED) is 0.864. The summed E-state index contributed by atoms with van der Waals surface area (Å²) in [6.07, 6.45) is 1.49. The molecule has 0 aliphatic carbocycles. The maximum atomic E-state index is 11.1. The van der Waals surface area contributed by atoms with E-state index in [4.69, 9.17) is 14.9 Å². The predicted molar refractivity (Wildman–Crippen MR) is 61.0 cm³/mol. The number of aromatic carboxylic acids is 2. The van der Waals surface area contributed by atoms with E-state index in [2.05, 4.69) is 0 Å². The van der Waals surface area contributed by atoms with Crippen molar-refractivity contribution in [3.05, 3.63) is 21.4 Å². The van der Waals surface area contributed by atoms with Crippen molar-refractivity contribution in [1.82, 2.24) is 0 Å². The van der Waals surface area contributed by atoms with Crippen LogP contribution in [-0.2, 0) is 4.74 Å². The molecule has 2 N–H and O–H groups in total. The zero-order valence-electron chi connectivity index (χ0n) is 9.01. The Morgan fingerprint density at radius 1 is 1.24 bits per heavy atom. The summed E-state index contributed by atoms with van der Waals surface area (Å²) in [7, 11) is 0. The maximum Gasteiger partial charge on any atom is 0.346 e. The van der Waals surface area contributed by atoms with Gasteiger partial charge in [0.1, 0.15) is 9.75 Å². The maximum absolute atomic E-state index is 11.1. The molecule has 1 saturated heterocycles. The van der Waals surface area contributed by atoms with E-state index in [-0.39, 0.29) is 15.7 Å². The van der Waals surface area contributed by atoms with Crippen molar-refractivity contribution in [2.24, 2.45) is 0 Å². The van der Waals surface area contributed by atoms with Gasteiger partial charge in [-0.2, -0.15) is 0 Å². The highest BCUT2D eigenvalue weighted by molar-refractivity contribution is 7.16. The Morgan fingerprint density at radius 2 is 1.88 bits per heavy atom. The van der Waals surface area contributed by atoms with Gasteiger partial charge in [-0.15, -0.1) is 11.3 Å². The van der Waals surface area contributed by atoms with E-state index < -0.39 is 11.9 Å². The second kappa shape index (κ2) is 4.85. The monoisotopic (exact) mass is 256 g/mol. The molecule has 0 radical (unpaired) electrons. The smallest absolute Gasteiger partial charge is 0.346 e. The van der Waals surface area contributed by atoms with Crippen molar-refractivity contribution in [1.29, 1.82) is 0 Å². The van der Waals surface area contributed by atoms with Crippen LogP contribution < -0.4 is 0 Å². The molecule has 1 aromatic rings. The molecule has 2 rings (SSSR count). The molecule has 5 nitrogen and oxygen atoms in total. The van der Waals surface area contributed by atoms with Gasteiger partial charge in [-0.3, -0.25) is 0 Å². The minimum absolute atomic E-state index is 0.0869. The molecule has 17 heavy (non-hydrogen) atoms. The Morgan fingerprint density at radius 3 is 2.41 bits per heavy atom. The van der Waals surface area contributed by atoms with E-state index in [1.807, 2.05) is 0 Å². The van der Waals surface area contributed by atoms with Gasteiger partial charge in [-0.05, 0) is 30.4 Å². The number of thiophene rings is 1. The largest absolute Gasteiger partial charge is 0.477 e. The summed E-state index contributed by atoms with van der Waals surface area (Å²) in [5, 5.41) is 18.0. The van der Waals surface area contributed by atoms with E-state index in [0.717, 1.165) is 24.2 Å². The van der Waals surface area contributed by atoms with Gasteiger partial charge in [0.2, 0.25) is 0 Å². The Labute approximate surface area is 102 Å². The number of rotatable bonds is 3. The summed E-state index contributed by atoms with van der Waals surface area (Å²) in [5.74, 6) is -2.03. The van der Waals surface area contributed by atoms with Crippen LogP contribution in [-0.4, -0.2) is 35.4 Å². The summed E-state index contributed by atoms with van der Waals surface area (Å²) in [4.78, 5) is 22.2. The zero-order valence-corrected chi connectivity index (χ0v) is 9.83. The highest BCUT2D eigenvalue weighted by Crippen LogP contribution is 2.34. The van der Waals surface area contributed by atoms with Crippen molar-refractivity contribution in [3.63, 3.8) is 0 Å². The molecule has 1 aliphatic rings. The average molecular weight is 256 g/mol. The molecule has 6 heteroatoms. The van der Waals surface area contributed by atoms with Crippen LogP contribution in [0.5, 0.6) is 0 Å². The first-order valence-electron chi connectivity index (χ1n) is 5.27. The van der Waals surface area contributed by atoms with Gasteiger partial charge in [0.15, 0.2) is 0 Å². The molecule has 0 saturated carbocycles. The Hall–Kier alpha value is -1.40. The van der Waals surface area contributed by atoms with Gasteiger partial charge in [0.05, 0.1) is 0 Å². The van der Waals surface area contributed by atoms with Crippen LogP contribution in [0.25, 0.3) is 0 Å². The molecular weight excluding hydrogens is 244 g/mol. The number of carboxylic acids is 2. The fraction of sp³-hybridized carbons (Fsp3) is 0.455. The third-order valence-corrected chi connectivity index (χ3v) is 3.95. The second-order valence-corrected chi connectivity index (χ2v) is 4.94. The molecule has 0 bridgehead atoms. The average Bonchev–Trinajstić information content (AvgIpc) is 2.75. The van der Waals surface area contributed by atoms with Crippen molar-refractivity contribution in [2.45, 2.75) is 18.8 Å². The lowest BCUT2D eigenvalue weighted by atomic mass is 9.92. The van der Waals surface area contributed by atoms with Crippen LogP contribution in [0.4, 0.5) is 0 Å². The Kier molecular flexibility index (Phi) is 3.44. The van der Waals surface area contributed by atoms with Crippen molar-refractivity contribution in [2.75, 3.05) is 13.2 Å². The lowest BCUT2D eigenvalue weighted by Crippen LogP contribution is -2.15. The molecule has 0 atom stereocenters. The standard InChI is InChI=1S/C11H12O5S/c12-10(13)8-5-7(9(17-8)11(14)15)6-1-3-16-4-2-6/h5-6H,1-4H2,(H,12,13)(H,14,15). The zero-order chi connectivity index (χ0) is 12.4. The van der Waals surface area contributed by atoms with Crippen LogP contribution in [0, 0.1) is 0 Å². The summed E-state index contributed by atoms with van der Waals surface area (Å²) in [6, 6.07) is 1.49. The molecule has 1 fully saturated rings. The van der Waals surface area contributed by atoms with Crippen molar-refractivity contribution >= 4 is 23.3 Å². The molecular formula is C11H12O5S.